The fraction of sp³-hybridized carbons (Fsp3) is 0.579. The van der Waals surface area contributed by atoms with Gasteiger partial charge in [-0.2, -0.15) is 0 Å². The molecule has 7 heteroatoms. The summed E-state index contributed by atoms with van der Waals surface area (Å²) < 4.78 is 25.9. The van der Waals surface area contributed by atoms with Gasteiger partial charge < -0.3 is 4.90 Å². The fourth-order valence-corrected chi connectivity index (χ4v) is 6.53. The molecule has 1 aliphatic heterocycles. The molecule has 1 aromatic heterocycles. The Labute approximate surface area is 159 Å². The number of carbonyl (C=O) groups is 1. The van der Waals surface area contributed by atoms with E-state index in [9.17, 15) is 13.2 Å². The molecule has 0 bridgehead atoms. The van der Waals surface area contributed by atoms with Gasteiger partial charge in [0.1, 0.15) is 0 Å². The molecule has 2 aromatic rings. The van der Waals surface area contributed by atoms with Gasteiger partial charge in [-0.25, -0.2) is 13.4 Å². The summed E-state index contributed by atoms with van der Waals surface area (Å²) >= 11 is 1.62. The lowest BCUT2D eigenvalue weighted by Crippen LogP contribution is -2.43. The number of aromatic nitrogens is 1. The number of amides is 1. The van der Waals surface area contributed by atoms with Crippen LogP contribution >= 0.6 is 11.3 Å². The normalized spacial score (nSPS) is 16.5. The van der Waals surface area contributed by atoms with Crippen LogP contribution in [0.3, 0.4) is 0 Å². The highest BCUT2D eigenvalue weighted by Crippen LogP contribution is 2.26. The predicted molar refractivity (Wildman–Crippen MR) is 107 cm³/mol. The van der Waals surface area contributed by atoms with Gasteiger partial charge in [-0.15, -0.1) is 11.3 Å². The van der Waals surface area contributed by atoms with Crippen LogP contribution in [0.5, 0.6) is 0 Å². The first-order valence-corrected chi connectivity index (χ1v) is 11.7. The average Bonchev–Trinajstić information content (AvgIpc) is 3.02. The van der Waals surface area contributed by atoms with E-state index in [2.05, 4.69) is 11.9 Å². The summed E-state index contributed by atoms with van der Waals surface area (Å²) in [6.07, 6.45) is 1.95. The molecular formula is C19H26N2O3S2. The van der Waals surface area contributed by atoms with Gasteiger partial charge in [0.25, 0.3) is 5.91 Å². The average molecular weight is 395 g/mol. The summed E-state index contributed by atoms with van der Waals surface area (Å²) in [6, 6.07) is 5.64. The monoisotopic (exact) mass is 394 g/mol. The molecule has 5 nitrogen and oxygen atoms in total. The minimum atomic E-state index is -3.07. The van der Waals surface area contributed by atoms with Crippen LogP contribution in [0.1, 0.15) is 49.0 Å². The van der Waals surface area contributed by atoms with Crippen LogP contribution in [0.4, 0.5) is 0 Å². The molecule has 3 rings (SSSR count). The molecule has 0 spiro atoms. The predicted octanol–water partition coefficient (Wildman–Crippen LogP) is 3.53. The Morgan fingerprint density at radius 1 is 1.31 bits per heavy atom. The zero-order valence-corrected chi connectivity index (χ0v) is 17.2. The molecule has 0 saturated carbocycles. The molecule has 1 fully saturated rings. The number of carbonyl (C=O) groups excluding carboxylic acids is 1. The number of piperidine rings is 1. The van der Waals surface area contributed by atoms with Gasteiger partial charge >= 0.3 is 0 Å². The summed E-state index contributed by atoms with van der Waals surface area (Å²) in [5.74, 6) is 0.352. The molecule has 1 aromatic carbocycles. The van der Waals surface area contributed by atoms with Crippen LogP contribution in [-0.4, -0.2) is 48.3 Å². The van der Waals surface area contributed by atoms with Crippen LogP contribution in [0.25, 0.3) is 10.2 Å². The van der Waals surface area contributed by atoms with Crippen LogP contribution in [0, 0.1) is 5.92 Å². The minimum absolute atomic E-state index is 0.0157. The first-order valence-electron chi connectivity index (χ1n) is 9.20. The topological polar surface area (TPSA) is 67.3 Å². The molecule has 0 radical (unpaired) electrons. The molecule has 142 valence electrons. The SMILES string of the molecule is CCc1nc2ccc(C(=O)N3CCC(S(=O)(=O)CC(C)C)CC3)cc2s1. The van der Waals surface area contributed by atoms with E-state index in [0.717, 1.165) is 21.6 Å². The maximum atomic E-state index is 12.8. The van der Waals surface area contributed by atoms with Crippen LogP contribution in [0.15, 0.2) is 18.2 Å². The molecule has 2 heterocycles. The Balaban J connectivity index is 1.68. The van der Waals surface area contributed by atoms with Crippen molar-refractivity contribution in [3.8, 4) is 0 Å². The number of fused-ring (bicyclic) bond motifs is 1. The number of benzene rings is 1. The second-order valence-corrected chi connectivity index (χ2v) is 10.8. The Morgan fingerprint density at radius 2 is 2.00 bits per heavy atom. The van der Waals surface area contributed by atoms with Crippen LogP contribution in [-0.2, 0) is 16.3 Å². The first-order chi connectivity index (χ1) is 12.3. The molecule has 0 unspecified atom stereocenters. The Bertz CT molecular complexity index is 895. The minimum Gasteiger partial charge on any atom is -0.339 e. The third-order valence-electron chi connectivity index (χ3n) is 4.78. The number of nitrogens with zero attached hydrogens (tertiary/aromatic N) is 2. The summed E-state index contributed by atoms with van der Waals surface area (Å²) in [5.41, 5.74) is 1.59. The quantitative estimate of drug-likeness (QED) is 0.778. The van der Waals surface area contributed by atoms with Crippen molar-refractivity contribution >= 4 is 37.3 Å². The summed E-state index contributed by atoms with van der Waals surface area (Å²) in [7, 11) is -3.07. The van der Waals surface area contributed by atoms with E-state index in [4.69, 9.17) is 0 Å². The standard InChI is InChI=1S/C19H26N2O3S2/c1-4-18-20-16-6-5-14(11-17(16)25-18)19(22)21-9-7-15(8-10-21)26(23,24)12-13(2)3/h5-6,11,13,15H,4,7-10,12H2,1-3H3. The van der Waals surface area contributed by atoms with E-state index in [1.54, 1.807) is 16.2 Å². The van der Waals surface area contributed by atoms with Gasteiger partial charge in [0.05, 0.1) is 26.2 Å². The van der Waals surface area contributed by atoms with Crippen molar-refractivity contribution in [1.29, 1.82) is 0 Å². The Hall–Kier alpha value is -1.47. The fourth-order valence-electron chi connectivity index (χ4n) is 3.46. The second kappa shape index (κ2) is 7.64. The van der Waals surface area contributed by atoms with Crippen molar-refractivity contribution in [2.45, 2.75) is 45.3 Å². The Morgan fingerprint density at radius 3 is 2.62 bits per heavy atom. The lowest BCUT2D eigenvalue weighted by atomic mass is 10.1. The van der Waals surface area contributed by atoms with E-state index in [1.807, 2.05) is 32.0 Å². The van der Waals surface area contributed by atoms with E-state index < -0.39 is 9.84 Å². The third kappa shape index (κ3) is 4.09. The highest BCUT2D eigenvalue weighted by Gasteiger charge is 2.32. The van der Waals surface area contributed by atoms with Crippen molar-refractivity contribution in [1.82, 2.24) is 9.88 Å². The number of sulfone groups is 1. The van der Waals surface area contributed by atoms with E-state index in [-0.39, 0.29) is 22.8 Å². The van der Waals surface area contributed by atoms with E-state index in [0.29, 0.717) is 31.5 Å². The van der Waals surface area contributed by atoms with Crippen molar-refractivity contribution in [2.24, 2.45) is 5.92 Å². The smallest absolute Gasteiger partial charge is 0.253 e. The molecular weight excluding hydrogens is 368 g/mol. The van der Waals surface area contributed by atoms with Gasteiger partial charge in [0, 0.05) is 18.7 Å². The maximum Gasteiger partial charge on any atom is 0.253 e. The number of rotatable bonds is 5. The van der Waals surface area contributed by atoms with Crippen molar-refractivity contribution in [3.05, 3.63) is 28.8 Å². The largest absolute Gasteiger partial charge is 0.339 e. The summed E-state index contributed by atoms with van der Waals surface area (Å²) in [5, 5.41) is 0.755. The Kier molecular flexibility index (Phi) is 5.67. The molecule has 26 heavy (non-hydrogen) atoms. The number of hydrogen-bond donors (Lipinski definition) is 0. The summed E-state index contributed by atoms with van der Waals surface area (Å²) in [4.78, 5) is 19.1. The molecule has 1 aliphatic rings. The third-order valence-corrected chi connectivity index (χ3v) is 8.57. The highest BCUT2D eigenvalue weighted by molar-refractivity contribution is 7.92. The molecule has 0 N–H and O–H groups in total. The van der Waals surface area contributed by atoms with Gasteiger partial charge in [0.2, 0.25) is 0 Å². The number of aryl methyl sites for hydroxylation is 1. The number of thiazole rings is 1. The lowest BCUT2D eigenvalue weighted by Gasteiger charge is -2.32. The van der Waals surface area contributed by atoms with Crippen molar-refractivity contribution < 1.29 is 13.2 Å². The van der Waals surface area contributed by atoms with E-state index in [1.165, 1.54) is 0 Å². The molecule has 1 amide bonds. The summed E-state index contributed by atoms with van der Waals surface area (Å²) in [6.45, 7) is 6.93. The highest BCUT2D eigenvalue weighted by atomic mass is 32.2. The zero-order valence-electron chi connectivity index (χ0n) is 15.6. The second-order valence-electron chi connectivity index (χ2n) is 7.36. The molecule has 0 atom stereocenters. The number of hydrogen-bond acceptors (Lipinski definition) is 5. The zero-order chi connectivity index (χ0) is 18.9. The van der Waals surface area contributed by atoms with E-state index >= 15 is 0 Å². The van der Waals surface area contributed by atoms with Crippen LogP contribution in [0.2, 0.25) is 0 Å². The number of likely N-dealkylation sites (tertiary alicyclic amines) is 1. The van der Waals surface area contributed by atoms with Crippen molar-refractivity contribution in [2.75, 3.05) is 18.8 Å². The first kappa shape index (κ1) is 19.3. The van der Waals surface area contributed by atoms with Gasteiger partial charge in [-0.1, -0.05) is 20.8 Å². The van der Waals surface area contributed by atoms with Crippen LogP contribution < -0.4 is 0 Å². The molecule has 1 saturated heterocycles. The van der Waals surface area contributed by atoms with Gasteiger partial charge in [-0.3, -0.25) is 4.79 Å². The lowest BCUT2D eigenvalue weighted by molar-refractivity contribution is 0.0726. The van der Waals surface area contributed by atoms with Crippen molar-refractivity contribution in [3.63, 3.8) is 0 Å². The maximum absolute atomic E-state index is 12.8. The molecule has 0 aliphatic carbocycles. The van der Waals surface area contributed by atoms with Gasteiger partial charge in [-0.05, 0) is 43.4 Å². The van der Waals surface area contributed by atoms with Gasteiger partial charge in [0.15, 0.2) is 9.84 Å².